The van der Waals surface area contributed by atoms with E-state index in [0.29, 0.717) is 0 Å². The first-order chi connectivity index (χ1) is 5.18. The zero-order chi connectivity index (χ0) is 8.27. The predicted molar refractivity (Wildman–Crippen MR) is 50.1 cm³/mol. The van der Waals surface area contributed by atoms with Crippen molar-refractivity contribution >= 4 is 7.85 Å². The van der Waals surface area contributed by atoms with E-state index < -0.39 is 0 Å². The first kappa shape index (κ1) is 8.38. The Balaban J connectivity index is 2.71. The van der Waals surface area contributed by atoms with Crippen LogP contribution in [0.25, 0.3) is 0 Å². The van der Waals surface area contributed by atoms with Gasteiger partial charge in [-0.05, 0) is 18.9 Å². The fourth-order valence-electron chi connectivity index (χ4n) is 1.21. The summed E-state index contributed by atoms with van der Waals surface area (Å²) in [6.45, 7) is 4.13. The maximum absolute atomic E-state index is 5.67. The van der Waals surface area contributed by atoms with Crippen LogP contribution in [-0.2, 0) is 6.42 Å². The van der Waals surface area contributed by atoms with E-state index in [-0.39, 0.29) is 5.82 Å². The number of hydrogen-bond acceptors (Lipinski definition) is 0. The van der Waals surface area contributed by atoms with Gasteiger partial charge in [0.2, 0.25) is 0 Å². The molecule has 1 aromatic rings. The van der Waals surface area contributed by atoms with Gasteiger partial charge in [-0.25, -0.2) is 0 Å². The lowest BCUT2D eigenvalue weighted by Gasteiger charge is -2.04. The molecule has 0 aliphatic rings. The van der Waals surface area contributed by atoms with Crippen molar-refractivity contribution in [2.75, 3.05) is 0 Å². The number of benzene rings is 1. The average molecular weight is 144 g/mol. The largest absolute Gasteiger partial charge is 0.0762 e. The fraction of sp³-hybridized carbons (Fsp3) is 0.400. The quantitative estimate of drug-likeness (QED) is 0.559. The van der Waals surface area contributed by atoms with Gasteiger partial charge in [-0.2, -0.15) is 0 Å². The Hall–Kier alpha value is -0.715. The highest BCUT2D eigenvalue weighted by Gasteiger charge is 1.95. The van der Waals surface area contributed by atoms with Crippen molar-refractivity contribution in [3.63, 3.8) is 0 Å². The molecule has 2 radical (unpaired) electrons. The average Bonchev–Trinajstić information content (AvgIpc) is 1.85. The molecule has 0 aliphatic carbocycles. The fourth-order valence-corrected chi connectivity index (χ4v) is 1.21. The van der Waals surface area contributed by atoms with Gasteiger partial charge < -0.3 is 0 Å². The minimum atomic E-state index is 0.261. The third-order valence-corrected chi connectivity index (χ3v) is 1.64. The summed E-state index contributed by atoms with van der Waals surface area (Å²) in [5.74, 6) is 0.261. The lowest BCUT2D eigenvalue weighted by atomic mass is 9.84. The Morgan fingerprint density at radius 1 is 1.45 bits per heavy atom. The number of aryl methyl sites for hydroxylation is 1. The Labute approximate surface area is 70.0 Å². The summed E-state index contributed by atoms with van der Waals surface area (Å²) < 4.78 is 0. The van der Waals surface area contributed by atoms with Gasteiger partial charge in [0.25, 0.3) is 0 Å². The van der Waals surface area contributed by atoms with Crippen molar-refractivity contribution in [3.05, 3.63) is 35.4 Å². The van der Waals surface area contributed by atoms with Crippen LogP contribution in [0.3, 0.4) is 0 Å². The van der Waals surface area contributed by atoms with Crippen LogP contribution in [0.5, 0.6) is 0 Å². The molecule has 0 bridgehead atoms. The molecule has 0 aliphatic heterocycles. The second-order valence-corrected chi connectivity index (χ2v) is 3.17. The highest BCUT2D eigenvalue weighted by molar-refractivity contribution is 6.11. The van der Waals surface area contributed by atoms with Crippen molar-refractivity contribution < 1.29 is 0 Å². The van der Waals surface area contributed by atoms with Gasteiger partial charge in [-0.15, -0.1) is 0 Å². The normalized spacial score (nSPS) is 12.9. The summed E-state index contributed by atoms with van der Waals surface area (Å²) in [7, 11) is 5.67. The Bertz CT molecular complexity index is 228. The van der Waals surface area contributed by atoms with E-state index in [9.17, 15) is 0 Å². The molecule has 0 nitrogen and oxygen atoms in total. The molecule has 1 unspecified atom stereocenters. The molecule has 56 valence electrons. The minimum Gasteiger partial charge on any atom is -0.0762 e. The molecule has 0 heterocycles. The monoisotopic (exact) mass is 144 g/mol. The van der Waals surface area contributed by atoms with Crippen molar-refractivity contribution in [1.82, 2.24) is 0 Å². The second-order valence-electron chi connectivity index (χ2n) is 3.17. The SMILES string of the molecule is [B]C(C)Cc1cccc(C)c1. The maximum Gasteiger partial charge on any atom is 0.0700 e. The van der Waals surface area contributed by atoms with E-state index in [1.807, 2.05) is 6.92 Å². The summed E-state index contributed by atoms with van der Waals surface area (Å²) in [6, 6.07) is 8.48. The first-order valence-corrected chi connectivity index (χ1v) is 3.99. The predicted octanol–water partition coefficient (Wildman–Crippen LogP) is 2.51. The maximum atomic E-state index is 5.67. The summed E-state index contributed by atoms with van der Waals surface area (Å²) in [6.07, 6.45) is 0.974. The molecule has 11 heavy (non-hydrogen) atoms. The topological polar surface area (TPSA) is 0 Å². The lowest BCUT2D eigenvalue weighted by molar-refractivity contribution is 0.914. The zero-order valence-corrected chi connectivity index (χ0v) is 7.17. The first-order valence-electron chi connectivity index (χ1n) is 3.99. The molecule has 0 saturated heterocycles. The molecular weight excluding hydrogens is 131 g/mol. The molecule has 1 atom stereocenters. The Morgan fingerprint density at radius 2 is 2.18 bits per heavy atom. The van der Waals surface area contributed by atoms with Gasteiger partial charge in [0.1, 0.15) is 0 Å². The molecule has 0 saturated carbocycles. The molecule has 1 rings (SSSR count). The Kier molecular flexibility index (Phi) is 2.75. The standard InChI is InChI=1S/C10H13B/c1-8-4-3-5-10(6-8)7-9(2)11/h3-6,9H,7H2,1-2H3. The zero-order valence-electron chi connectivity index (χ0n) is 7.17. The van der Waals surface area contributed by atoms with Crippen LogP contribution < -0.4 is 0 Å². The number of hydrogen-bond donors (Lipinski definition) is 0. The van der Waals surface area contributed by atoms with E-state index in [4.69, 9.17) is 7.85 Å². The van der Waals surface area contributed by atoms with Crippen molar-refractivity contribution in [1.29, 1.82) is 0 Å². The van der Waals surface area contributed by atoms with E-state index in [1.165, 1.54) is 11.1 Å². The van der Waals surface area contributed by atoms with Crippen molar-refractivity contribution in [3.8, 4) is 0 Å². The molecule has 0 aromatic heterocycles. The van der Waals surface area contributed by atoms with Crippen LogP contribution in [0, 0.1) is 6.92 Å². The molecule has 0 spiro atoms. The van der Waals surface area contributed by atoms with Crippen LogP contribution in [0.1, 0.15) is 18.1 Å². The third kappa shape index (κ3) is 2.79. The summed E-state index contributed by atoms with van der Waals surface area (Å²) in [5, 5.41) is 0. The highest BCUT2D eigenvalue weighted by Crippen LogP contribution is 2.10. The van der Waals surface area contributed by atoms with E-state index in [1.54, 1.807) is 0 Å². The summed E-state index contributed by atoms with van der Waals surface area (Å²) >= 11 is 0. The third-order valence-electron chi connectivity index (χ3n) is 1.64. The van der Waals surface area contributed by atoms with E-state index in [0.717, 1.165) is 6.42 Å². The molecule has 0 N–H and O–H groups in total. The highest BCUT2D eigenvalue weighted by atomic mass is 14.0. The van der Waals surface area contributed by atoms with Crippen molar-refractivity contribution in [2.45, 2.75) is 26.1 Å². The lowest BCUT2D eigenvalue weighted by Crippen LogP contribution is -1.92. The van der Waals surface area contributed by atoms with Gasteiger partial charge in [0, 0.05) is 0 Å². The molecular formula is C10H13B. The number of rotatable bonds is 2. The van der Waals surface area contributed by atoms with E-state index >= 15 is 0 Å². The van der Waals surface area contributed by atoms with Crippen LogP contribution >= 0.6 is 0 Å². The summed E-state index contributed by atoms with van der Waals surface area (Å²) in [4.78, 5) is 0. The van der Waals surface area contributed by atoms with Gasteiger partial charge in [0.05, 0.1) is 7.85 Å². The van der Waals surface area contributed by atoms with Gasteiger partial charge in [-0.3, -0.25) is 0 Å². The van der Waals surface area contributed by atoms with Gasteiger partial charge in [0.15, 0.2) is 0 Å². The van der Waals surface area contributed by atoms with Gasteiger partial charge in [-0.1, -0.05) is 42.6 Å². The van der Waals surface area contributed by atoms with Crippen LogP contribution in [-0.4, -0.2) is 7.85 Å². The molecule has 1 heteroatoms. The van der Waals surface area contributed by atoms with Crippen molar-refractivity contribution in [2.24, 2.45) is 0 Å². The van der Waals surface area contributed by atoms with Gasteiger partial charge >= 0.3 is 0 Å². The summed E-state index contributed by atoms with van der Waals surface area (Å²) in [5.41, 5.74) is 2.64. The van der Waals surface area contributed by atoms with Crippen LogP contribution in [0.2, 0.25) is 5.82 Å². The van der Waals surface area contributed by atoms with Crippen LogP contribution in [0.15, 0.2) is 24.3 Å². The molecule has 1 aromatic carbocycles. The Morgan fingerprint density at radius 3 is 2.73 bits per heavy atom. The minimum absolute atomic E-state index is 0.261. The molecule has 0 amide bonds. The van der Waals surface area contributed by atoms with Crippen LogP contribution in [0.4, 0.5) is 0 Å². The molecule has 0 fully saturated rings. The second kappa shape index (κ2) is 3.61. The smallest absolute Gasteiger partial charge is 0.0700 e. The van der Waals surface area contributed by atoms with E-state index in [2.05, 4.69) is 31.2 Å².